The Morgan fingerprint density at radius 3 is 2.54 bits per heavy atom. The molecule has 0 aliphatic rings. The molecule has 1 heterocycles. The number of aryl methyl sites for hydroxylation is 2. The first-order valence-electron chi connectivity index (χ1n) is 7.46. The highest BCUT2D eigenvalue weighted by atomic mass is 79.9. The smallest absolute Gasteiger partial charge is 0.224 e. The third-order valence-corrected chi connectivity index (χ3v) is 4.66. The zero-order valence-corrected chi connectivity index (χ0v) is 16.5. The minimum atomic E-state index is -0.0702. The lowest BCUT2D eigenvalue weighted by Crippen LogP contribution is -2.14. The van der Waals surface area contributed by atoms with E-state index in [1.54, 1.807) is 7.11 Å². The van der Waals surface area contributed by atoms with Crippen LogP contribution >= 0.6 is 27.7 Å². The van der Waals surface area contributed by atoms with Crippen molar-refractivity contribution in [3.05, 3.63) is 39.6 Å². The van der Waals surface area contributed by atoms with Crippen LogP contribution < -0.4 is 10.1 Å². The molecule has 1 N–H and O–H groups in total. The maximum atomic E-state index is 12.3. The molecule has 0 unspecified atom stereocenters. The van der Waals surface area contributed by atoms with Crippen LogP contribution in [0.15, 0.2) is 27.8 Å². The van der Waals surface area contributed by atoms with Crippen molar-refractivity contribution in [2.75, 3.05) is 18.7 Å². The average molecular weight is 410 g/mol. The van der Waals surface area contributed by atoms with Gasteiger partial charge in [0.1, 0.15) is 5.75 Å². The molecule has 0 bridgehead atoms. The van der Waals surface area contributed by atoms with E-state index >= 15 is 0 Å². The van der Waals surface area contributed by atoms with Crippen molar-refractivity contribution in [3.63, 3.8) is 0 Å². The second-order valence-corrected chi connectivity index (χ2v) is 6.94. The van der Waals surface area contributed by atoms with Crippen molar-refractivity contribution in [2.45, 2.75) is 31.8 Å². The van der Waals surface area contributed by atoms with Gasteiger partial charge in [0.25, 0.3) is 0 Å². The molecule has 1 amide bonds. The van der Waals surface area contributed by atoms with Crippen molar-refractivity contribution in [1.29, 1.82) is 0 Å². The number of hydrogen-bond acceptors (Lipinski definition) is 5. The number of halogens is 1. The van der Waals surface area contributed by atoms with Crippen LogP contribution in [0.25, 0.3) is 0 Å². The molecule has 0 radical (unpaired) electrons. The summed E-state index contributed by atoms with van der Waals surface area (Å²) < 4.78 is 6.15. The van der Waals surface area contributed by atoms with Gasteiger partial charge in [-0.2, -0.15) is 0 Å². The van der Waals surface area contributed by atoms with Gasteiger partial charge in [-0.05, 0) is 50.3 Å². The van der Waals surface area contributed by atoms with Crippen molar-refractivity contribution in [1.82, 2.24) is 9.97 Å². The molecule has 0 spiro atoms. The van der Waals surface area contributed by atoms with E-state index in [0.29, 0.717) is 24.3 Å². The first-order chi connectivity index (χ1) is 11.4. The van der Waals surface area contributed by atoms with Crippen LogP contribution in [-0.4, -0.2) is 29.2 Å². The van der Waals surface area contributed by atoms with Gasteiger partial charge < -0.3 is 10.1 Å². The first kappa shape index (κ1) is 18.7. The SMILES string of the molecule is COc1ccc(Br)cc1NC(=O)CCc1c(C)nc(SC)nc1C. The normalized spacial score (nSPS) is 10.5. The Balaban J connectivity index is 2.05. The highest BCUT2D eigenvalue weighted by Gasteiger charge is 2.12. The molecular weight excluding hydrogens is 390 g/mol. The van der Waals surface area contributed by atoms with Gasteiger partial charge in [-0.1, -0.05) is 27.7 Å². The van der Waals surface area contributed by atoms with E-state index in [-0.39, 0.29) is 5.91 Å². The summed E-state index contributed by atoms with van der Waals surface area (Å²) >= 11 is 4.92. The Bertz CT molecular complexity index is 730. The number of benzene rings is 1. The van der Waals surface area contributed by atoms with Crippen LogP contribution in [-0.2, 0) is 11.2 Å². The highest BCUT2D eigenvalue weighted by molar-refractivity contribution is 9.10. The molecule has 5 nitrogen and oxygen atoms in total. The topological polar surface area (TPSA) is 64.1 Å². The molecule has 0 atom stereocenters. The first-order valence-corrected chi connectivity index (χ1v) is 9.48. The van der Waals surface area contributed by atoms with Crippen LogP contribution in [0.3, 0.4) is 0 Å². The Morgan fingerprint density at radius 1 is 1.29 bits per heavy atom. The van der Waals surface area contributed by atoms with E-state index in [1.807, 2.05) is 38.3 Å². The molecule has 1 aromatic heterocycles. The van der Waals surface area contributed by atoms with Gasteiger partial charge in [-0.15, -0.1) is 0 Å². The maximum Gasteiger partial charge on any atom is 0.224 e. The summed E-state index contributed by atoms with van der Waals surface area (Å²) in [6.07, 6.45) is 2.92. The maximum absolute atomic E-state index is 12.3. The number of hydrogen-bond donors (Lipinski definition) is 1. The van der Waals surface area contributed by atoms with E-state index in [2.05, 4.69) is 31.2 Å². The van der Waals surface area contributed by atoms with Crippen LogP contribution in [0.1, 0.15) is 23.4 Å². The van der Waals surface area contributed by atoms with Crippen LogP contribution in [0, 0.1) is 13.8 Å². The number of amides is 1. The monoisotopic (exact) mass is 409 g/mol. The number of methoxy groups -OCH3 is 1. The Labute approximate surface area is 154 Å². The summed E-state index contributed by atoms with van der Waals surface area (Å²) in [4.78, 5) is 21.2. The van der Waals surface area contributed by atoms with E-state index in [4.69, 9.17) is 4.74 Å². The number of carbonyl (C=O) groups excluding carboxylic acids is 1. The summed E-state index contributed by atoms with van der Waals surface area (Å²) in [6, 6.07) is 5.50. The minimum Gasteiger partial charge on any atom is -0.495 e. The number of ether oxygens (including phenoxy) is 1. The van der Waals surface area contributed by atoms with Gasteiger partial charge in [0, 0.05) is 22.3 Å². The summed E-state index contributed by atoms with van der Waals surface area (Å²) in [5, 5.41) is 3.66. The number of nitrogens with zero attached hydrogens (tertiary/aromatic N) is 2. The molecule has 0 saturated carbocycles. The summed E-state index contributed by atoms with van der Waals surface area (Å²) in [6.45, 7) is 3.91. The molecule has 2 aromatic rings. The van der Waals surface area contributed by atoms with Gasteiger partial charge in [0.2, 0.25) is 5.91 Å². The van der Waals surface area contributed by atoms with E-state index in [1.165, 1.54) is 11.8 Å². The number of carbonyl (C=O) groups is 1. The van der Waals surface area contributed by atoms with Crippen molar-refractivity contribution < 1.29 is 9.53 Å². The minimum absolute atomic E-state index is 0.0702. The second-order valence-electron chi connectivity index (χ2n) is 5.25. The van der Waals surface area contributed by atoms with E-state index < -0.39 is 0 Å². The average Bonchev–Trinajstić information content (AvgIpc) is 2.54. The highest BCUT2D eigenvalue weighted by Crippen LogP contribution is 2.28. The van der Waals surface area contributed by atoms with Crippen molar-refractivity contribution in [3.8, 4) is 5.75 Å². The van der Waals surface area contributed by atoms with Crippen molar-refractivity contribution in [2.24, 2.45) is 0 Å². The third-order valence-electron chi connectivity index (χ3n) is 3.62. The predicted molar refractivity (Wildman–Crippen MR) is 101 cm³/mol. The third kappa shape index (κ3) is 4.70. The number of nitrogens with one attached hydrogen (secondary N) is 1. The molecule has 0 aliphatic carbocycles. The van der Waals surface area contributed by atoms with Crippen molar-refractivity contribution >= 4 is 39.3 Å². The summed E-state index contributed by atoms with van der Waals surface area (Å²) in [7, 11) is 1.58. The molecule has 7 heteroatoms. The van der Waals surface area contributed by atoms with E-state index in [9.17, 15) is 4.79 Å². The fourth-order valence-electron chi connectivity index (χ4n) is 2.39. The quantitative estimate of drug-likeness (QED) is 0.573. The van der Waals surface area contributed by atoms with Gasteiger partial charge in [-0.25, -0.2) is 9.97 Å². The Hall–Kier alpha value is -1.60. The molecule has 0 aliphatic heterocycles. The van der Waals surface area contributed by atoms with Gasteiger partial charge >= 0.3 is 0 Å². The Morgan fingerprint density at radius 2 is 1.96 bits per heavy atom. The summed E-state index contributed by atoms with van der Waals surface area (Å²) in [5.74, 6) is 0.561. The lowest BCUT2D eigenvalue weighted by molar-refractivity contribution is -0.116. The fourth-order valence-corrected chi connectivity index (χ4v) is 3.21. The van der Waals surface area contributed by atoms with Gasteiger partial charge in [0.15, 0.2) is 5.16 Å². The van der Waals surface area contributed by atoms with Crippen LogP contribution in [0.2, 0.25) is 0 Å². The molecule has 2 rings (SSSR count). The lowest BCUT2D eigenvalue weighted by Gasteiger charge is -2.12. The largest absolute Gasteiger partial charge is 0.495 e. The molecule has 24 heavy (non-hydrogen) atoms. The zero-order chi connectivity index (χ0) is 17.7. The van der Waals surface area contributed by atoms with Gasteiger partial charge in [-0.3, -0.25) is 4.79 Å². The Kier molecular flexibility index (Phi) is 6.62. The number of rotatable bonds is 6. The molecular formula is C17H20BrN3O2S. The van der Waals surface area contributed by atoms with Gasteiger partial charge in [0.05, 0.1) is 12.8 Å². The van der Waals surface area contributed by atoms with Crippen LogP contribution in [0.5, 0.6) is 5.75 Å². The zero-order valence-electron chi connectivity index (χ0n) is 14.1. The molecule has 0 fully saturated rings. The van der Waals surface area contributed by atoms with Crippen LogP contribution in [0.4, 0.5) is 5.69 Å². The lowest BCUT2D eigenvalue weighted by atomic mass is 10.1. The second kappa shape index (κ2) is 8.48. The molecule has 1 aromatic carbocycles. The van der Waals surface area contributed by atoms with E-state index in [0.717, 1.165) is 26.6 Å². The summed E-state index contributed by atoms with van der Waals surface area (Å²) in [5.41, 5.74) is 3.54. The number of anilines is 1. The number of thioether (sulfide) groups is 1. The number of aromatic nitrogens is 2. The molecule has 0 saturated heterocycles. The molecule has 128 valence electrons. The fraction of sp³-hybridized carbons (Fsp3) is 0.353. The standard InChI is InChI=1S/C17H20BrN3O2S/c1-10-13(11(2)20-17(19-10)24-4)6-8-16(22)21-14-9-12(18)5-7-15(14)23-3/h5,7,9H,6,8H2,1-4H3,(H,21,22). The predicted octanol–water partition coefficient (Wildman–Crippen LogP) is 4.16.